The number of hydrogen-bond donors (Lipinski definition) is 0. The molecule has 3 heteroatoms. The zero-order chi connectivity index (χ0) is 11.8. The van der Waals surface area contributed by atoms with Gasteiger partial charge in [0, 0.05) is 17.6 Å². The lowest BCUT2D eigenvalue weighted by Crippen LogP contribution is -1.94. The number of carbonyl (C=O) groups is 1. The largest absolute Gasteiger partial charge is 0.496 e. The van der Waals surface area contributed by atoms with Crippen LogP contribution in [0, 0.1) is 0 Å². The Balaban J connectivity index is 2.28. The van der Waals surface area contributed by atoms with Crippen LogP contribution >= 0.6 is 0 Å². The number of fused-ring (bicyclic) bond motifs is 1. The molecular formula is C14H13NO2. The highest BCUT2D eigenvalue weighted by molar-refractivity contribution is 5.92. The van der Waals surface area contributed by atoms with E-state index < -0.39 is 0 Å². The van der Waals surface area contributed by atoms with Crippen LogP contribution in [0.5, 0.6) is 5.75 Å². The molecule has 17 heavy (non-hydrogen) atoms. The Morgan fingerprint density at radius 1 is 1.41 bits per heavy atom. The molecule has 0 bridgehead atoms. The number of carbonyl (C=O) groups excluding carboxylic acids is 1. The molecule has 1 aromatic carbocycles. The second-order valence-electron chi connectivity index (χ2n) is 4.40. The summed E-state index contributed by atoms with van der Waals surface area (Å²) in [6.45, 7) is 0. The van der Waals surface area contributed by atoms with Crippen molar-refractivity contribution in [3.05, 3.63) is 35.5 Å². The number of benzene rings is 1. The van der Waals surface area contributed by atoms with E-state index in [4.69, 9.17) is 4.74 Å². The predicted octanol–water partition coefficient (Wildman–Crippen LogP) is 2.93. The lowest BCUT2D eigenvalue weighted by molar-refractivity contribution is 0.112. The number of ether oxygens (including phenoxy) is 1. The van der Waals surface area contributed by atoms with Gasteiger partial charge < -0.3 is 4.74 Å². The van der Waals surface area contributed by atoms with Crippen molar-refractivity contribution in [2.75, 3.05) is 7.11 Å². The molecule has 1 aliphatic carbocycles. The summed E-state index contributed by atoms with van der Waals surface area (Å²) in [5.41, 5.74) is 2.80. The molecule has 0 unspecified atom stereocenters. The average molecular weight is 227 g/mol. The van der Waals surface area contributed by atoms with Gasteiger partial charge in [-0.05, 0) is 36.5 Å². The minimum Gasteiger partial charge on any atom is -0.496 e. The number of methoxy groups -OCH3 is 1. The molecule has 0 radical (unpaired) electrons. The normalized spacial score (nSPS) is 14.9. The van der Waals surface area contributed by atoms with Crippen molar-refractivity contribution in [3.8, 4) is 5.75 Å². The van der Waals surface area contributed by atoms with Gasteiger partial charge in [0.25, 0.3) is 0 Å². The Bertz CT molecular complexity index is 588. The zero-order valence-corrected chi connectivity index (χ0v) is 9.64. The van der Waals surface area contributed by atoms with Crippen LogP contribution in [0.3, 0.4) is 0 Å². The van der Waals surface area contributed by atoms with Crippen molar-refractivity contribution in [1.82, 2.24) is 4.98 Å². The first-order valence-electron chi connectivity index (χ1n) is 5.75. The van der Waals surface area contributed by atoms with Gasteiger partial charge in [-0.1, -0.05) is 0 Å². The van der Waals surface area contributed by atoms with E-state index in [2.05, 4.69) is 11.1 Å². The zero-order valence-electron chi connectivity index (χ0n) is 9.64. The third-order valence-corrected chi connectivity index (χ3v) is 3.27. The maximum atomic E-state index is 11.0. The lowest BCUT2D eigenvalue weighted by atomic mass is 10.0. The van der Waals surface area contributed by atoms with Gasteiger partial charge in [-0.15, -0.1) is 0 Å². The van der Waals surface area contributed by atoms with E-state index in [9.17, 15) is 4.79 Å². The minimum atomic E-state index is 0.591. The number of aromatic nitrogens is 1. The molecule has 0 aliphatic heterocycles. The van der Waals surface area contributed by atoms with Gasteiger partial charge in [0.2, 0.25) is 0 Å². The first kappa shape index (κ1) is 10.3. The fraction of sp³-hybridized carbons (Fsp3) is 0.286. The maximum absolute atomic E-state index is 11.0. The van der Waals surface area contributed by atoms with Gasteiger partial charge in [-0.3, -0.25) is 9.78 Å². The van der Waals surface area contributed by atoms with Crippen molar-refractivity contribution in [2.45, 2.75) is 18.8 Å². The summed E-state index contributed by atoms with van der Waals surface area (Å²) < 4.78 is 5.19. The molecule has 0 amide bonds. The van der Waals surface area contributed by atoms with Crippen molar-refractivity contribution < 1.29 is 9.53 Å². The fourth-order valence-electron chi connectivity index (χ4n) is 2.23. The van der Waals surface area contributed by atoms with Crippen LogP contribution < -0.4 is 4.74 Å². The standard InChI is InChI=1S/C14H13NO2/c1-17-14-7-13-12(6-10(14)8-16)11(4-5-15-13)9-2-3-9/h4-9H,2-3H2,1H3. The smallest absolute Gasteiger partial charge is 0.153 e. The van der Waals surface area contributed by atoms with E-state index in [-0.39, 0.29) is 0 Å². The molecule has 1 saturated carbocycles. The SMILES string of the molecule is COc1cc2nccc(C3CC3)c2cc1C=O. The van der Waals surface area contributed by atoms with Gasteiger partial charge in [-0.2, -0.15) is 0 Å². The Morgan fingerprint density at radius 3 is 2.88 bits per heavy atom. The van der Waals surface area contributed by atoms with E-state index in [1.807, 2.05) is 18.3 Å². The van der Waals surface area contributed by atoms with E-state index in [0.29, 0.717) is 17.2 Å². The van der Waals surface area contributed by atoms with Gasteiger partial charge in [0.1, 0.15) is 5.75 Å². The number of aldehydes is 1. The summed E-state index contributed by atoms with van der Waals surface area (Å²) in [5.74, 6) is 1.24. The number of rotatable bonds is 3. The van der Waals surface area contributed by atoms with Crippen LogP contribution in [-0.2, 0) is 0 Å². The molecule has 0 N–H and O–H groups in total. The molecule has 2 aromatic rings. The van der Waals surface area contributed by atoms with Crippen LogP contribution in [0.15, 0.2) is 24.4 Å². The highest BCUT2D eigenvalue weighted by Crippen LogP contribution is 2.43. The first-order chi connectivity index (χ1) is 8.33. The minimum absolute atomic E-state index is 0.591. The molecule has 1 aromatic heterocycles. The molecular weight excluding hydrogens is 214 g/mol. The average Bonchev–Trinajstić information content (AvgIpc) is 3.20. The van der Waals surface area contributed by atoms with E-state index >= 15 is 0 Å². The molecule has 3 rings (SSSR count). The summed E-state index contributed by atoms with van der Waals surface area (Å²) in [6, 6.07) is 5.79. The number of hydrogen-bond acceptors (Lipinski definition) is 3. The summed E-state index contributed by atoms with van der Waals surface area (Å²) >= 11 is 0. The fourth-order valence-corrected chi connectivity index (χ4v) is 2.23. The topological polar surface area (TPSA) is 39.2 Å². The van der Waals surface area contributed by atoms with Crippen LogP contribution in [0.25, 0.3) is 10.9 Å². The quantitative estimate of drug-likeness (QED) is 0.757. The molecule has 0 saturated heterocycles. The van der Waals surface area contributed by atoms with Gasteiger partial charge in [-0.25, -0.2) is 0 Å². The second-order valence-corrected chi connectivity index (χ2v) is 4.40. The third kappa shape index (κ3) is 1.68. The molecule has 1 aliphatic rings. The van der Waals surface area contributed by atoms with Crippen LogP contribution in [-0.4, -0.2) is 18.4 Å². The highest BCUT2D eigenvalue weighted by Gasteiger charge is 2.25. The van der Waals surface area contributed by atoms with Crippen LogP contribution in [0.4, 0.5) is 0 Å². The molecule has 0 spiro atoms. The van der Waals surface area contributed by atoms with Gasteiger partial charge in [0.05, 0.1) is 18.2 Å². The highest BCUT2D eigenvalue weighted by atomic mass is 16.5. The lowest BCUT2D eigenvalue weighted by Gasteiger charge is -2.08. The van der Waals surface area contributed by atoms with Crippen molar-refractivity contribution in [3.63, 3.8) is 0 Å². The number of pyridine rings is 1. The second kappa shape index (κ2) is 3.84. The summed E-state index contributed by atoms with van der Waals surface area (Å²) in [4.78, 5) is 15.4. The van der Waals surface area contributed by atoms with Crippen molar-refractivity contribution in [2.24, 2.45) is 0 Å². The monoisotopic (exact) mass is 227 g/mol. The van der Waals surface area contributed by atoms with Crippen molar-refractivity contribution in [1.29, 1.82) is 0 Å². The molecule has 1 heterocycles. The molecule has 1 fully saturated rings. The van der Waals surface area contributed by atoms with Crippen LogP contribution in [0.1, 0.15) is 34.7 Å². The summed E-state index contributed by atoms with van der Waals surface area (Å²) in [6.07, 6.45) is 5.14. The van der Waals surface area contributed by atoms with E-state index in [1.165, 1.54) is 18.4 Å². The Morgan fingerprint density at radius 2 is 2.24 bits per heavy atom. The Kier molecular flexibility index (Phi) is 2.32. The summed E-state index contributed by atoms with van der Waals surface area (Å²) in [5, 5.41) is 1.08. The first-order valence-corrected chi connectivity index (χ1v) is 5.75. The van der Waals surface area contributed by atoms with Gasteiger partial charge in [0.15, 0.2) is 6.29 Å². The third-order valence-electron chi connectivity index (χ3n) is 3.27. The molecule has 86 valence electrons. The Hall–Kier alpha value is -1.90. The van der Waals surface area contributed by atoms with Gasteiger partial charge >= 0.3 is 0 Å². The molecule has 3 nitrogen and oxygen atoms in total. The van der Waals surface area contributed by atoms with E-state index in [0.717, 1.165) is 17.2 Å². The predicted molar refractivity (Wildman–Crippen MR) is 65.7 cm³/mol. The Labute approximate surface area is 99.4 Å². The maximum Gasteiger partial charge on any atom is 0.153 e. The van der Waals surface area contributed by atoms with Crippen molar-refractivity contribution >= 4 is 17.2 Å². The molecule has 0 atom stereocenters. The van der Waals surface area contributed by atoms with Crippen LogP contribution in [0.2, 0.25) is 0 Å². The summed E-state index contributed by atoms with van der Waals surface area (Å²) in [7, 11) is 1.57. The van der Waals surface area contributed by atoms with E-state index in [1.54, 1.807) is 7.11 Å². The number of nitrogens with zero attached hydrogens (tertiary/aromatic N) is 1.